The van der Waals surface area contributed by atoms with Gasteiger partial charge < -0.3 is 15.0 Å². The molecular formula is C22H18F5N5O3S. The minimum Gasteiger partial charge on any atom is -0.495 e. The number of ether oxygens (including phenoxy) is 1. The van der Waals surface area contributed by atoms with Crippen LogP contribution in [0.15, 0.2) is 53.6 Å². The molecule has 1 aliphatic rings. The summed E-state index contributed by atoms with van der Waals surface area (Å²) >= 11 is 0. The van der Waals surface area contributed by atoms with Gasteiger partial charge in [0.05, 0.1) is 37.1 Å². The van der Waals surface area contributed by atoms with Crippen molar-refractivity contribution >= 4 is 33.4 Å². The summed E-state index contributed by atoms with van der Waals surface area (Å²) in [7, 11) is -8.49. The normalized spacial score (nSPS) is 17.4. The van der Waals surface area contributed by atoms with Crippen LogP contribution in [0.4, 0.5) is 30.8 Å². The molecule has 2 heterocycles. The highest BCUT2D eigenvalue weighted by Gasteiger charge is 2.65. The Bertz CT molecular complexity index is 1430. The largest absolute Gasteiger partial charge is 0.495 e. The number of methoxy groups -OCH3 is 1. The molecule has 0 radical (unpaired) electrons. The molecule has 0 saturated heterocycles. The van der Waals surface area contributed by atoms with E-state index in [4.69, 9.17) is 4.74 Å². The number of anilines is 2. The number of nitrogens with one attached hydrogen (secondary N) is 1. The zero-order valence-electron chi connectivity index (χ0n) is 18.7. The van der Waals surface area contributed by atoms with Gasteiger partial charge in [0.1, 0.15) is 22.4 Å². The second-order valence-electron chi connectivity index (χ2n) is 8.06. The van der Waals surface area contributed by atoms with Gasteiger partial charge in [0.25, 0.3) is 11.8 Å². The van der Waals surface area contributed by atoms with Gasteiger partial charge in [0.2, 0.25) is 0 Å². The van der Waals surface area contributed by atoms with Gasteiger partial charge in [0.15, 0.2) is 0 Å². The zero-order valence-corrected chi connectivity index (χ0v) is 19.5. The van der Waals surface area contributed by atoms with Crippen LogP contribution in [0.5, 0.6) is 5.75 Å². The van der Waals surface area contributed by atoms with Crippen LogP contribution in [0.2, 0.25) is 0 Å². The van der Waals surface area contributed by atoms with E-state index < -0.39 is 33.0 Å². The Morgan fingerprint density at radius 3 is 2.42 bits per heavy atom. The van der Waals surface area contributed by atoms with Crippen LogP contribution in [0.1, 0.15) is 33.3 Å². The second-order valence-corrected chi connectivity index (χ2v) is 10.5. The highest BCUT2D eigenvalue weighted by atomic mass is 32.5. The first-order valence-electron chi connectivity index (χ1n) is 10.3. The molecule has 36 heavy (non-hydrogen) atoms. The first kappa shape index (κ1) is 25.0. The molecule has 0 spiro atoms. The van der Waals surface area contributed by atoms with Crippen LogP contribution in [0.25, 0.3) is 0 Å². The van der Waals surface area contributed by atoms with Crippen molar-refractivity contribution in [1.82, 2.24) is 9.78 Å². The third-order valence-corrected chi connectivity index (χ3v) is 6.69. The van der Waals surface area contributed by atoms with E-state index in [1.165, 1.54) is 36.2 Å². The average Bonchev–Trinajstić information content (AvgIpc) is 3.19. The lowest BCUT2D eigenvalue weighted by Crippen LogP contribution is -2.47. The fraction of sp³-hybridized carbons (Fsp3) is 0.182. The standard InChI is InChI=1S/C22H18F5N5O3S/c1-13-12-31-20(22(34)32(13)16-4-6-17(7-5-16)36(23,24,25,26)27)18(11-29-31)30-21(33)14-3-8-19(35-2)15(9-14)10-28/h3-9,11,13H,12H2,1-2H3,(H,30,33)/t13-/m0/s1. The van der Waals surface area contributed by atoms with Crippen molar-refractivity contribution in [2.75, 3.05) is 17.3 Å². The number of nitriles is 1. The molecule has 1 atom stereocenters. The first-order chi connectivity index (χ1) is 16.6. The Morgan fingerprint density at radius 2 is 1.83 bits per heavy atom. The third-order valence-electron chi connectivity index (χ3n) is 5.53. The number of hydrogen-bond donors (Lipinski definition) is 1. The SMILES string of the molecule is COc1ccc(C(=O)Nc2cnn3c2C(=O)N(c2ccc(S(F)(F)(F)(F)F)cc2)[C@@H](C)C3)cc1C#N. The highest BCUT2D eigenvalue weighted by molar-refractivity contribution is 8.45. The Kier molecular flexibility index (Phi) is 5.34. The van der Waals surface area contributed by atoms with Gasteiger partial charge in [-0.25, -0.2) is 0 Å². The average molecular weight is 527 g/mol. The fourth-order valence-electron chi connectivity index (χ4n) is 3.85. The van der Waals surface area contributed by atoms with Crippen LogP contribution >= 0.6 is 10.2 Å². The molecule has 0 fully saturated rings. The van der Waals surface area contributed by atoms with Gasteiger partial charge in [0, 0.05) is 11.3 Å². The molecule has 1 aromatic heterocycles. The summed E-state index contributed by atoms with van der Waals surface area (Å²) < 4.78 is 71.8. The Morgan fingerprint density at radius 1 is 1.17 bits per heavy atom. The summed E-state index contributed by atoms with van der Waals surface area (Å²) in [6.45, 7) is 1.74. The van der Waals surface area contributed by atoms with Gasteiger partial charge in [-0.3, -0.25) is 14.3 Å². The molecule has 2 amide bonds. The number of benzene rings is 2. The fourth-order valence-corrected chi connectivity index (χ4v) is 4.50. The first-order valence-corrected chi connectivity index (χ1v) is 12.2. The van der Waals surface area contributed by atoms with Crippen molar-refractivity contribution in [3.63, 3.8) is 0 Å². The molecule has 0 saturated carbocycles. The lowest BCUT2D eigenvalue weighted by molar-refractivity contribution is 0.0948. The number of carbonyl (C=O) groups is 2. The predicted molar refractivity (Wildman–Crippen MR) is 122 cm³/mol. The van der Waals surface area contributed by atoms with Crippen LogP contribution in [0.3, 0.4) is 0 Å². The summed E-state index contributed by atoms with van der Waals surface area (Å²) in [5.41, 5.74) is 0.171. The second kappa shape index (κ2) is 7.69. The van der Waals surface area contributed by atoms with Gasteiger partial charge in [-0.1, -0.05) is 19.4 Å². The van der Waals surface area contributed by atoms with E-state index in [9.17, 15) is 34.3 Å². The molecule has 3 aromatic rings. The predicted octanol–water partition coefficient (Wildman–Crippen LogP) is 5.72. The minimum absolute atomic E-state index is 0.0276. The Labute approximate surface area is 201 Å². The van der Waals surface area contributed by atoms with E-state index in [2.05, 4.69) is 10.4 Å². The number of rotatable bonds is 5. The van der Waals surface area contributed by atoms with E-state index in [-0.39, 0.29) is 52.6 Å². The van der Waals surface area contributed by atoms with Crippen molar-refractivity contribution in [3.8, 4) is 11.8 Å². The molecule has 1 N–H and O–H groups in total. The molecule has 4 rings (SSSR count). The maximum atomic E-state index is 13.3. The van der Waals surface area contributed by atoms with Gasteiger partial charge >= 0.3 is 10.2 Å². The Balaban J connectivity index is 1.64. The van der Waals surface area contributed by atoms with Crippen LogP contribution < -0.4 is 15.0 Å². The van der Waals surface area contributed by atoms with E-state index >= 15 is 0 Å². The van der Waals surface area contributed by atoms with Crippen molar-refractivity contribution in [2.24, 2.45) is 0 Å². The molecule has 190 valence electrons. The topological polar surface area (TPSA) is 100 Å². The summed E-state index contributed by atoms with van der Waals surface area (Å²) in [6, 6.07) is 7.56. The summed E-state index contributed by atoms with van der Waals surface area (Å²) in [4.78, 5) is 25.2. The quantitative estimate of drug-likeness (QED) is 0.428. The molecule has 8 nitrogen and oxygen atoms in total. The maximum Gasteiger partial charge on any atom is 0.310 e. The zero-order chi connectivity index (χ0) is 26.5. The van der Waals surface area contributed by atoms with Crippen LogP contribution in [-0.2, 0) is 6.54 Å². The minimum atomic E-state index is -9.87. The molecule has 2 aromatic carbocycles. The molecule has 0 unspecified atom stereocenters. The summed E-state index contributed by atoms with van der Waals surface area (Å²) in [5.74, 6) is -1.08. The van der Waals surface area contributed by atoms with Crippen LogP contribution in [-0.4, -0.2) is 34.7 Å². The van der Waals surface area contributed by atoms with Crippen molar-refractivity contribution in [1.29, 1.82) is 5.26 Å². The number of amides is 2. The van der Waals surface area contributed by atoms with Crippen molar-refractivity contribution < 1.29 is 33.8 Å². The summed E-state index contributed by atoms with van der Waals surface area (Å²) in [5, 5.41) is 15.9. The smallest absolute Gasteiger partial charge is 0.310 e. The lowest BCUT2D eigenvalue weighted by Gasteiger charge is -2.41. The maximum absolute atomic E-state index is 13.3. The van der Waals surface area contributed by atoms with E-state index in [0.717, 1.165) is 17.0 Å². The summed E-state index contributed by atoms with van der Waals surface area (Å²) in [6.07, 6.45) is 1.24. The monoisotopic (exact) mass is 527 g/mol. The third kappa shape index (κ3) is 4.57. The lowest BCUT2D eigenvalue weighted by atomic mass is 10.1. The van der Waals surface area contributed by atoms with Crippen molar-refractivity contribution in [2.45, 2.75) is 24.4 Å². The number of halogens is 5. The molecule has 1 aliphatic heterocycles. The number of carbonyl (C=O) groups excluding carboxylic acids is 2. The number of hydrogen-bond acceptors (Lipinski definition) is 5. The van der Waals surface area contributed by atoms with Crippen LogP contribution in [0, 0.1) is 11.3 Å². The number of nitrogens with zero attached hydrogens (tertiary/aromatic N) is 4. The van der Waals surface area contributed by atoms with Gasteiger partial charge in [-0.05, 0) is 49.4 Å². The van der Waals surface area contributed by atoms with E-state index in [1.54, 1.807) is 6.92 Å². The van der Waals surface area contributed by atoms with Crippen molar-refractivity contribution in [3.05, 3.63) is 65.5 Å². The number of aromatic nitrogens is 2. The number of fused-ring (bicyclic) bond motifs is 1. The molecular weight excluding hydrogens is 509 g/mol. The molecule has 0 aliphatic carbocycles. The highest BCUT2D eigenvalue weighted by Crippen LogP contribution is 3.02. The Hall–Kier alpha value is -4.12. The molecule has 0 bridgehead atoms. The van der Waals surface area contributed by atoms with E-state index in [1.807, 2.05) is 6.07 Å². The van der Waals surface area contributed by atoms with Gasteiger partial charge in [-0.2, -0.15) is 10.4 Å². The molecule has 14 heteroatoms. The van der Waals surface area contributed by atoms with Gasteiger partial charge in [-0.15, -0.1) is 0 Å². The van der Waals surface area contributed by atoms with E-state index in [0.29, 0.717) is 0 Å².